The highest BCUT2D eigenvalue weighted by atomic mass is 32.2. The van der Waals surface area contributed by atoms with Gasteiger partial charge in [0, 0.05) is 24.0 Å². The van der Waals surface area contributed by atoms with Gasteiger partial charge in [0.05, 0.1) is 10.6 Å². The number of aryl methyl sites for hydroxylation is 2. The molecule has 0 atom stereocenters. The molecular formula is C25H24N4O3S. The zero-order valence-corrected chi connectivity index (χ0v) is 19.1. The fourth-order valence-electron chi connectivity index (χ4n) is 3.34. The first-order valence-electron chi connectivity index (χ1n) is 10.4. The molecule has 33 heavy (non-hydrogen) atoms. The summed E-state index contributed by atoms with van der Waals surface area (Å²) in [4.78, 5) is 12.9. The van der Waals surface area contributed by atoms with Crippen LogP contribution in [0.2, 0.25) is 0 Å². The maximum atomic E-state index is 12.8. The monoisotopic (exact) mass is 460 g/mol. The van der Waals surface area contributed by atoms with Gasteiger partial charge in [-0.25, -0.2) is 8.42 Å². The van der Waals surface area contributed by atoms with E-state index in [0.29, 0.717) is 23.4 Å². The van der Waals surface area contributed by atoms with Gasteiger partial charge < -0.3 is 5.32 Å². The van der Waals surface area contributed by atoms with Crippen LogP contribution in [0.3, 0.4) is 0 Å². The summed E-state index contributed by atoms with van der Waals surface area (Å²) in [6.45, 7) is 4.02. The van der Waals surface area contributed by atoms with Crippen molar-refractivity contribution in [2.75, 3.05) is 4.72 Å². The van der Waals surface area contributed by atoms with Gasteiger partial charge >= 0.3 is 0 Å². The van der Waals surface area contributed by atoms with Crippen molar-refractivity contribution >= 4 is 21.6 Å². The van der Waals surface area contributed by atoms with Crippen LogP contribution in [0.1, 0.15) is 27.0 Å². The van der Waals surface area contributed by atoms with E-state index in [1.165, 1.54) is 12.1 Å². The molecule has 0 radical (unpaired) electrons. The van der Waals surface area contributed by atoms with Gasteiger partial charge in [-0.15, -0.1) is 0 Å². The minimum absolute atomic E-state index is 0.0303. The molecule has 168 valence electrons. The number of carbonyl (C=O) groups is 1. The van der Waals surface area contributed by atoms with Crippen molar-refractivity contribution in [3.8, 4) is 11.3 Å². The maximum absolute atomic E-state index is 12.8. The highest BCUT2D eigenvalue weighted by Crippen LogP contribution is 2.20. The third-order valence-corrected chi connectivity index (χ3v) is 6.67. The van der Waals surface area contributed by atoms with Gasteiger partial charge in [-0.05, 0) is 60.9 Å². The molecule has 8 heteroatoms. The van der Waals surface area contributed by atoms with Crippen LogP contribution in [-0.4, -0.2) is 24.5 Å². The van der Waals surface area contributed by atoms with Crippen LogP contribution in [0, 0.1) is 13.8 Å². The number of carbonyl (C=O) groups excluding carboxylic acids is 1. The van der Waals surface area contributed by atoms with Crippen molar-refractivity contribution in [3.05, 3.63) is 101 Å². The molecule has 3 aromatic carbocycles. The van der Waals surface area contributed by atoms with E-state index in [1.54, 1.807) is 31.3 Å². The number of benzene rings is 3. The smallest absolute Gasteiger partial charge is 0.261 e. The summed E-state index contributed by atoms with van der Waals surface area (Å²) in [5.74, 6) is -0.336. The van der Waals surface area contributed by atoms with E-state index in [4.69, 9.17) is 0 Å². The van der Waals surface area contributed by atoms with Gasteiger partial charge in [-0.1, -0.05) is 48.0 Å². The van der Waals surface area contributed by atoms with Crippen LogP contribution < -0.4 is 10.0 Å². The number of nitrogens with one attached hydrogen (secondary N) is 3. The number of rotatable bonds is 7. The quantitative estimate of drug-likeness (QED) is 0.380. The van der Waals surface area contributed by atoms with Crippen LogP contribution in [-0.2, 0) is 16.6 Å². The molecular weight excluding hydrogens is 436 g/mol. The Morgan fingerprint density at radius 1 is 0.939 bits per heavy atom. The summed E-state index contributed by atoms with van der Waals surface area (Å²) in [7, 11) is -3.83. The Morgan fingerprint density at radius 3 is 2.33 bits per heavy atom. The second kappa shape index (κ2) is 9.30. The Hall–Kier alpha value is -3.91. The number of amides is 1. The molecule has 4 aromatic rings. The number of anilines is 1. The van der Waals surface area contributed by atoms with Gasteiger partial charge in [0.2, 0.25) is 0 Å². The number of aromatic nitrogens is 2. The highest BCUT2D eigenvalue weighted by Gasteiger charge is 2.18. The minimum atomic E-state index is -3.83. The van der Waals surface area contributed by atoms with E-state index >= 15 is 0 Å². The van der Waals surface area contributed by atoms with E-state index in [9.17, 15) is 13.2 Å². The molecule has 1 aromatic heterocycles. The number of hydrogen-bond donors (Lipinski definition) is 3. The fourth-order valence-corrected chi connectivity index (χ4v) is 4.43. The van der Waals surface area contributed by atoms with Crippen molar-refractivity contribution < 1.29 is 13.2 Å². The third kappa shape index (κ3) is 5.30. The lowest BCUT2D eigenvalue weighted by Crippen LogP contribution is -2.24. The second-order valence-corrected chi connectivity index (χ2v) is 9.48. The normalized spacial score (nSPS) is 11.2. The summed E-state index contributed by atoms with van der Waals surface area (Å²) in [5.41, 5.74) is 5.34. The van der Waals surface area contributed by atoms with Crippen LogP contribution in [0.5, 0.6) is 0 Å². The lowest BCUT2D eigenvalue weighted by atomic mass is 10.1. The molecule has 0 fully saturated rings. The summed E-state index contributed by atoms with van der Waals surface area (Å²) < 4.78 is 28.2. The first kappa shape index (κ1) is 22.3. The minimum Gasteiger partial charge on any atom is -0.348 e. The molecule has 0 aliphatic rings. The lowest BCUT2D eigenvalue weighted by molar-refractivity contribution is 0.0950. The molecule has 4 rings (SSSR count). The van der Waals surface area contributed by atoms with Crippen molar-refractivity contribution in [2.45, 2.75) is 25.3 Å². The number of aromatic amines is 1. The lowest BCUT2D eigenvalue weighted by Gasteiger charge is -2.12. The van der Waals surface area contributed by atoms with Crippen molar-refractivity contribution in [1.29, 1.82) is 0 Å². The molecule has 0 saturated heterocycles. The Balaban J connectivity index is 1.46. The summed E-state index contributed by atoms with van der Waals surface area (Å²) >= 11 is 0. The maximum Gasteiger partial charge on any atom is 0.261 e. The predicted molar refractivity (Wildman–Crippen MR) is 128 cm³/mol. The van der Waals surface area contributed by atoms with Gasteiger partial charge in [0.25, 0.3) is 15.9 Å². The molecule has 7 nitrogen and oxygen atoms in total. The zero-order chi connectivity index (χ0) is 23.4. The number of hydrogen-bond acceptors (Lipinski definition) is 4. The topological polar surface area (TPSA) is 104 Å². The predicted octanol–water partition coefficient (Wildman–Crippen LogP) is 4.42. The average Bonchev–Trinajstić information content (AvgIpc) is 3.34. The molecule has 0 saturated carbocycles. The van der Waals surface area contributed by atoms with E-state index in [-0.39, 0.29) is 10.8 Å². The van der Waals surface area contributed by atoms with Crippen molar-refractivity contribution in [3.63, 3.8) is 0 Å². The van der Waals surface area contributed by atoms with E-state index in [1.807, 2.05) is 49.4 Å². The van der Waals surface area contributed by atoms with Crippen LogP contribution in [0.15, 0.2) is 83.9 Å². The Kier molecular flexibility index (Phi) is 6.28. The van der Waals surface area contributed by atoms with Crippen molar-refractivity contribution in [2.24, 2.45) is 0 Å². The van der Waals surface area contributed by atoms with Crippen LogP contribution in [0.4, 0.5) is 5.69 Å². The molecule has 0 aliphatic carbocycles. The standard InChI is InChI=1S/C25H24N4O3S/c1-17-3-10-21(11-4-17)29-33(31,32)22-12-5-18(2)23(15-22)25(30)26-16-19-6-8-20(9-7-19)24-13-14-27-28-24/h3-15,29H,16H2,1-2H3,(H,26,30)(H,27,28). The molecule has 0 spiro atoms. The zero-order valence-electron chi connectivity index (χ0n) is 18.3. The van der Waals surface area contributed by atoms with Crippen LogP contribution >= 0.6 is 0 Å². The van der Waals surface area contributed by atoms with Gasteiger partial charge in [0.15, 0.2) is 0 Å². The van der Waals surface area contributed by atoms with E-state index in [2.05, 4.69) is 20.2 Å². The first-order chi connectivity index (χ1) is 15.8. The Labute approximate surface area is 192 Å². The van der Waals surface area contributed by atoms with E-state index < -0.39 is 10.0 Å². The average molecular weight is 461 g/mol. The molecule has 1 amide bonds. The third-order valence-electron chi connectivity index (χ3n) is 5.29. The second-order valence-electron chi connectivity index (χ2n) is 7.80. The highest BCUT2D eigenvalue weighted by molar-refractivity contribution is 7.92. The van der Waals surface area contributed by atoms with Gasteiger partial charge in [-0.3, -0.25) is 14.6 Å². The number of H-pyrrole nitrogens is 1. The van der Waals surface area contributed by atoms with Crippen LogP contribution in [0.25, 0.3) is 11.3 Å². The summed E-state index contributed by atoms with van der Waals surface area (Å²) in [5, 5.41) is 9.73. The summed E-state index contributed by atoms with van der Waals surface area (Å²) in [6.07, 6.45) is 1.69. The SMILES string of the molecule is Cc1ccc(NS(=O)(=O)c2ccc(C)c(C(=O)NCc3ccc(-c4ccn[nH]4)cc3)c2)cc1. The molecule has 0 unspecified atom stereocenters. The number of nitrogens with zero attached hydrogens (tertiary/aromatic N) is 1. The molecule has 1 heterocycles. The Bertz CT molecular complexity index is 1360. The van der Waals surface area contributed by atoms with Crippen molar-refractivity contribution in [1.82, 2.24) is 15.5 Å². The molecule has 0 aliphatic heterocycles. The summed E-state index contributed by atoms with van der Waals surface area (Å²) in [6, 6.07) is 21.2. The van der Waals surface area contributed by atoms with Gasteiger partial charge in [0.1, 0.15) is 0 Å². The first-order valence-corrected chi connectivity index (χ1v) is 11.9. The Morgan fingerprint density at radius 2 is 1.67 bits per heavy atom. The molecule has 3 N–H and O–H groups in total. The fraction of sp³-hybridized carbons (Fsp3) is 0.120. The number of sulfonamides is 1. The van der Waals surface area contributed by atoms with Gasteiger partial charge in [-0.2, -0.15) is 5.10 Å². The molecule has 0 bridgehead atoms. The van der Waals surface area contributed by atoms with E-state index in [0.717, 1.165) is 22.4 Å². The largest absolute Gasteiger partial charge is 0.348 e.